The molecular weight excluding hydrogens is 406 g/mol. The van der Waals surface area contributed by atoms with Gasteiger partial charge < -0.3 is 15.4 Å². The lowest BCUT2D eigenvalue weighted by molar-refractivity contribution is -0.113. The van der Waals surface area contributed by atoms with E-state index in [4.69, 9.17) is 4.74 Å². The van der Waals surface area contributed by atoms with E-state index < -0.39 is 0 Å². The minimum atomic E-state index is -0.240. The first-order valence-corrected chi connectivity index (χ1v) is 10.8. The normalized spacial score (nSPS) is 15.0. The van der Waals surface area contributed by atoms with Gasteiger partial charge in [0.2, 0.25) is 11.8 Å². The Labute approximate surface area is 176 Å². The Morgan fingerprint density at radius 2 is 2.14 bits per heavy atom. The summed E-state index contributed by atoms with van der Waals surface area (Å²) in [5, 5.41) is 9.59. The number of aromatic nitrogens is 2. The molecule has 0 bridgehead atoms. The maximum Gasteiger partial charge on any atom is 0.286 e. The summed E-state index contributed by atoms with van der Waals surface area (Å²) >= 11 is 3.01. The molecule has 29 heavy (non-hydrogen) atoms. The van der Waals surface area contributed by atoms with E-state index in [1.165, 1.54) is 16.6 Å². The van der Waals surface area contributed by atoms with E-state index in [-0.39, 0.29) is 5.91 Å². The number of carbonyl (C=O) groups excluding carboxylic acids is 1. The number of rotatable bonds is 6. The number of benzene rings is 1. The van der Waals surface area contributed by atoms with Gasteiger partial charge in [0, 0.05) is 11.9 Å². The summed E-state index contributed by atoms with van der Waals surface area (Å²) in [4.78, 5) is 27.0. The number of amidine groups is 1. The van der Waals surface area contributed by atoms with E-state index in [0.29, 0.717) is 35.1 Å². The zero-order chi connectivity index (χ0) is 20.2. The van der Waals surface area contributed by atoms with Crippen LogP contribution in [0, 0.1) is 0 Å². The van der Waals surface area contributed by atoms with Crippen LogP contribution in [0.3, 0.4) is 0 Å². The Balaban J connectivity index is 1.56. The van der Waals surface area contributed by atoms with Crippen molar-refractivity contribution in [2.24, 2.45) is 4.99 Å². The van der Waals surface area contributed by atoms with Crippen LogP contribution in [0.1, 0.15) is 17.4 Å². The molecule has 148 valence electrons. The summed E-state index contributed by atoms with van der Waals surface area (Å²) in [5.41, 5.74) is 1.64. The second kappa shape index (κ2) is 8.62. The van der Waals surface area contributed by atoms with Gasteiger partial charge in [0.25, 0.3) is 5.91 Å². The third-order valence-corrected chi connectivity index (χ3v) is 5.92. The van der Waals surface area contributed by atoms with Crippen LogP contribution in [-0.4, -0.2) is 34.7 Å². The molecule has 0 aliphatic carbocycles. The van der Waals surface area contributed by atoms with Crippen molar-refractivity contribution in [2.45, 2.75) is 13.5 Å². The number of hydrogen-bond donors (Lipinski definition) is 2. The Morgan fingerprint density at radius 1 is 1.24 bits per heavy atom. The number of thioether (sulfide) groups is 1. The zero-order valence-corrected chi connectivity index (χ0v) is 17.6. The van der Waals surface area contributed by atoms with Gasteiger partial charge in [-0.15, -0.1) is 11.3 Å². The lowest BCUT2D eigenvalue weighted by Crippen LogP contribution is -2.17. The number of hydrogen-bond acceptors (Lipinski definition) is 8. The summed E-state index contributed by atoms with van der Waals surface area (Å²) in [5.74, 6) is 0.779. The molecule has 0 saturated heterocycles. The largest absolute Gasteiger partial charge is 0.477 e. The maximum atomic E-state index is 12.3. The molecule has 0 spiro atoms. The Kier molecular flexibility index (Phi) is 5.77. The molecule has 1 aliphatic rings. The molecule has 1 aliphatic heterocycles. The van der Waals surface area contributed by atoms with Gasteiger partial charge in [0.1, 0.15) is 0 Å². The monoisotopic (exact) mass is 425 g/mol. The Bertz CT molecular complexity index is 1110. The summed E-state index contributed by atoms with van der Waals surface area (Å²) in [6.07, 6.45) is 1.83. The molecule has 9 heteroatoms. The minimum absolute atomic E-state index is 0.240. The first-order chi connectivity index (χ1) is 14.2. The quantitative estimate of drug-likeness (QED) is 0.579. The van der Waals surface area contributed by atoms with E-state index in [9.17, 15) is 4.79 Å². The van der Waals surface area contributed by atoms with Crippen molar-refractivity contribution in [1.29, 1.82) is 0 Å². The summed E-state index contributed by atoms with van der Waals surface area (Å²) in [7, 11) is 1.77. The fourth-order valence-electron chi connectivity index (χ4n) is 2.78. The standard InChI is InChI=1S/C20H19N5O2S2/c1-3-27-18-14-9-12(6-7-15(14)23-19(21-2)25-18)10-16-17(26)24-20(29-16)22-11-13-5-4-8-28-13/h4-10H,3,11H2,1-2H3,(H,21,23,25)(H,22,24,26)/b16-10+. The number of ether oxygens (including phenoxy) is 1. The van der Waals surface area contributed by atoms with Gasteiger partial charge in [-0.05, 0) is 53.9 Å². The highest BCUT2D eigenvalue weighted by molar-refractivity contribution is 8.18. The maximum absolute atomic E-state index is 12.3. The summed E-state index contributed by atoms with van der Waals surface area (Å²) in [6.45, 7) is 3.07. The van der Waals surface area contributed by atoms with Crippen molar-refractivity contribution < 1.29 is 9.53 Å². The highest BCUT2D eigenvalue weighted by Gasteiger charge is 2.22. The second-order valence-electron chi connectivity index (χ2n) is 6.08. The van der Waals surface area contributed by atoms with Crippen molar-refractivity contribution in [3.05, 3.63) is 51.1 Å². The molecular formula is C20H19N5O2S2. The molecule has 3 aromatic rings. The molecule has 1 aromatic carbocycles. The molecule has 0 unspecified atom stereocenters. The predicted molar refractivity (Wildman–Crippen MR) is 119 cm³/mol. The highest BCUT2D eigenvalue weighted by Crippen LogP contribution is 2.30. The van der Waals surface area contributed by atoms with Gasteiger partial charge in [0.05, 0.1) is 29.0 Å². The van der Waals surface area contributed by atoms with Crippen LogP contribution in [0.25, 0.3) is 17.0 Å². The molecule has 2 N–H and O–H groups in total. The van der Waals surface area contributed by atoms with Gasteiger partial charge in [-0.2, -0.15) is 9.98 Å². The zero-order valence-electron chi connectivity index (χ0n) is 15.9. The fourth-order valence-corrected chi connectivity index (χ4v) is 4.23. The van der Waals surface area contributed by atoms with Gasteiger partial charge in [-0.25, -0.2) is 4.98 Å². The topological polar surface area (TPSA) is 88.5 Å². The Hall–Kier alpha value is -2.91. The average molecular weight is 426 g/mol. The average Bonchev–Trinajstić information content (AvgIpc) is 3.36. The van der Waals surface area contributed by atoms with Crippen molar-refractivity contribution in [1.82, 2.24) is 15.3 Å². The van der Waals surface area contributed by atoms with Crippen molar-refractivity contribution in [3.63, 3.8) is 0 Å². The van der Waals surface area contributed by atoms with Crippen molar-refractivity contribution >= 4 is 57.1 Å². The lowest BCUT2D eigenvalue weighted by Gasteiger charge is -2.09. The molecule has 3 heterocycles. The van der Waals surface area contributed by atoms with Crippen LogP contribution in [-0.2, 0) is 11.3 Å². The third-order valence-electron chi connectivity index (χ3n) is 4.10. The summed E-state index contributed by atoms with van der Waals surface area (Å²) < 4.78 is 5.68. The third kappa shape index (κ3) is 4.41. The second-order valence-corrected chi connectivity index (χ2v) is 8.14. The Morgan fingerprint density at radius 3 is 2.90 bits per heavy atom. The number of fused-ring (bicyclic) bond motifs is 1. The van der Waals surface area contributed by atoms with Crippen LogP contribution in [0.5, 0.6) is 5.88 Å². The molecule has 0 radical (unpaired) electrons. The van der Waals surface area contributed by atoms with Crippen molar-refractivity contribution in [2.75, 3.05) is 19.0 Å². The van der Waals surface area contributed by atoms with Crippen LogP contribution < -0.4 is 15.4 Å². The minimum Gasteiger partial charge on any atom is -0.477 e. The van der Waals surface area contributed by atoms with E-state index in [2.05, 4.69) is 25.6 Å². The smallest absolute Gasteiger partial charge is 0.286 e. The van der Waals surface area contributed by atoms with E-state index >= 15 is 0 Å². The molecule has 2 aromatic heterocycles. The molecule has 0 saturated carbocycles. The highest BCUT2D eigenvalue weighted by atomic mass is 32.2. The van der Waals surface area contributed by atoms with E-state index in [0.717, 1.165) is 16.5 Å². The van der Waals surface area contributed by atoms with E-state index in [1.807, 2.05) is 48.7 Å². The first kappa shape index (κ1) is 19.4. The molecule has 4 rings (SSSR count). The molecule has 0 fully saturated rings. The van der Waals surface area contributed by atoms with Gasteiger partial charge >= 0.3 is 0 Å². The van der Waals surface area contributed by atoms with Crippen LogP contribution in [0.2, 0.25) is 0 Å². The number of thiophene rings is 1. The van der Waals surface area contributed by atoms with E-state index in [1.54, 1.807) is 18.4 Å². The summed E-state index contributed by atoms with van der Waals surface area (Å²) in [6, 6.07) is 9.79. The number of aliphatic imine (C=N–C) groups is 1. The SMILES string of the molecule is CCOc1nc(NC)nc2ccc(/C=C3/SC(NCc4cccs4)=NC3=O)cc12. The number of carbonyl (C=O) groups is 1. The first-order valence-electron chi connectivity index (χ1n) is 9.07. The van der Waals surface area contributed by atoms with Gasteiger partial charge in [-0.3, -0.25) is 4.79 Å². The fraction of sp³-hybridized carbons (Fsp3) is 0.200. The number of nitrogens with zero attached hydrogens (tertiary/aromatic N) is 3. The van der Waals surface area contributed by atoms with Gasteiger partial charge in [0.15, 0.2) is 5.17 Å². The predicted octanol–water partition coefficient (Wildman–Crippen LogP) is 3.89. The number of amides is 1. The van der Waals surface area contributed by atoms with Crippen molar-refractivity contribution in [3.8, 4) is 5.88 Å². The van der Waals surface area contributed by atoms with Crippen LogP contribution in [0.4, 0.5) is 5.95 Å². The van der Waals surface area contributed by atoms with Gasteiger partial charge in [-0.1, -0.05) is 12.1 Å². The molecule has 0 atom stereocenters. The van der Waals surface area contributed by atoms with Crippen LogP contribution >= 0.6 is 23.1 Å². The number of anilines is 1. The lowest BCUT2D eigenvalue weighted by atomic mass is 10.1. The number of nitrogens with one attached hydrogen (secondary N) is 2. The molecule has 7 nitrogen and oxygen atoms in total. The van der Waals surface area contributed by atoms with Crippen LogP contribution in [0.15, 0.2) is 45.6 Å². The molecule has 1 amide bonds.